The van der Waals surface area contributed by atoms with Crippen molar-refractivity contribution in [1.82, 2.24) is 34.6 Å². The fourth-order valence-corrected chi connectivity index (χ4v) is 6.05. The van der Waals surface area contributed by atoms with Gasteiger partial charge < -0.3 is 24.8 Å². The van der Waals surface area contributed by atoms with Crippen LogP contribution in [-0.2, 0) is 25.7 Å². The van der Waals surface area contributed by atoms with Gasteiger partial charge in [-0.25, -0.2) is 14.2 Å². The Morgan fingerprint density at radius 2 is 1.83 bits per heavy atom. The number of carbonyl (C=O) groups excluding carboxylic acids is 1. The van der Waals surface area contributed by atoms with E-state index in [1.807, 2.05) is 24.1 Å². The number of aromatic amines is 1. The number of likely N-dealkylation sites (N-methyl/N-ethyl adjacent to an activating group) is 1. The molecular formula is C34H32F4N8O2. The van der Waals surface area contributed by atoms with Crippen LogP contribution in [0.25, 0.3) is 22.3 Å². The lowest BCUT2D eigenvalue weighted by molar-refractivity contribution is -0.138. The van der Waals surface area contributed by atoms with Gasteiger partial charge in [0.25, 0.3) is 0 Å². The molecule has 2 aliphatic heterocycles. The number of alkyl halides is 3. The molecule has 1 fully saturated rings. The van der Waals surface area contributed by atoms with Crippen molar-refractivity contribution in [2.75, 3.05) is 45.1 Å². The first-order valence-electron chi connectivity index (χ1n) is 15.5. The summed E-state index contributed by atoms with van der Waals surface area (Å²) in [5.74, 6) is -0.276. The molecule has 0 spiro atoms. The van der Waals surface area contributed by atoms with Crippen LogP contribution in [0.15, 0.2) is 67.3 Å². The van der Waals surface area contributed by atoms with E-state index in [-0.39, 0.29) is 30.2 Å². The van der Waals surface area contributed by atoms with E-state index >= 15 is 4.39 Å². The van der Waals surface area contributed by atoms with Crippen LogP contribution in [0.2, 0.25) is 0 Å². The number of aromatic nitrogens is 4. The van der Waals surface area contributed by atoms with Crippen molar-refractivity contribution in [3.05, 3.63) is 95.5 Å². The lowest BCUT2D eigenvalue weighted by Gasteiger charge is -2.32. The highest BCUT2D eigenvalue weighted by atomic mass is 19.4. The van der Waals surface area contributed by atoms with Gasteiger partial charge in [-0.1, -0.05) is 6.07 Å². The summed E-state index contributed by atoms with van der Waals surface area (Å²) in [6.45, 7) is 3.47. The molecule has 2 aliphatic rings. The van der Waals surface area contributed by atoms with E-state index in [2.05, 4.69) is 30.2 Å². The van der Waals surface area contributed by atoms with Crippen molar-refractivity contribution in [2.24, 2.45) is 0 Å². The number of pyridine rings is 3. The summed E-state index contributed by atoms with van der Waals surface area (Å²) >= 11 is 0. The maximum atomic E-state index is 15.0. The van der Waals surface area contributed by atoms with Crippen molar-refractivity contribution in [1.29, 1.82) is 0 Å². The molecule has 6 heterocycles. The molecule has 1 saturated heterocycles. The summed E-state index contributed by atoms with van der Waals surface area (Å²) in [5, 5.41) is 3.05. The normalized spacial score (nSPS) is 15.8. The van der Waals surface area contributed by atoms with Gasteiger partial charge in [0.05, 0.1) is 34.7 Å². The zero-order chi connectivity index (χ0) is 33.4. The monoisotopic (exact) mass is 660 g/mol. The lowest BCUT2D eigenvalue weighted by atomic mass is 9.99. The van der Waals surface area contributed by atoms with Crippen molar-refractivity contribution in [3.63, 3.8) is 0 Å². The molecule has 0 bridgehead atoms. The Labute approximate surface area is 273 Å². The molecule has 14 heteroatoms. The first kappa shape index (κ1) is 31.5. The van der Waals surface area contributed by atoms with Crippen molar-refractivity contribution < 1.29 is 27.1 Å². The van der Waals surface area contributed by atoms with Gasteiger partial charge in [0, 0.05) is 69.5 Å². The van der Waals surface area contributed by atoms with Gasteiger partial charge in [-0.05, 0) is 61.0 Å². The largest absolute Gasteiger partial charge is 0.453 e. The molecule has 0 unspecified atom stereocenters. The molecule has 5 aromatic rings. The first-order chi connectivity index (χ1) is 23.1. The molecule has 2 amide bonds. The van der Waals surface area contributed by atoms with Crippen LogP contribution in [0, 0.1) is 5.82 Å². The van der Waals surface area contributed by atoms with E-state index in [0.717, 1.165) is 42.0 Å². The molecule has 0 atom stereocenters. The summed E-state index contributed by atoms with van der Waals surface area (Å²) in [6.07, 6.45) is 1.60. The van der Waals surface area contributed by atoms with Crippen molar-refractivity contribution in [3.8, 4) is 22.8 Å². The van der Waals surface area contributed by atoms with E-state index in [9.17, 15) is 18.0 Å². The van der Waals surface area contributed by atoms with Crippen LogP contribution >= 0.6 is 0 Å². The number of hydrogen-bond acceptors (Lipinski definition) is 7. The van der Waals surface area contributed by atoms with Gasteiger partial charge >= 0.3 is 12.2 Å². The number of H-pyrrole nitrogens is 1. The van der Waals surface area contributed by atoms with Gasteiger partial charge in [0.2, 0.25) is 0 Å². The number of carbonyl (C=O) groups is 1. The topological polar surface area (TPSA) is 103 Å². The minimum Gasteiger partial charge on any atom is -0.453 e. The SMILES string of the molecule is CN1CCN(Cc2ncc(NC(=O)N3CCc4ccc(Oc5c(F)cnc6[nH]c(-c7cccnc7)cc56)cc4C3)cc2C(F)(F)F)CC1. The lowest BCUT2D eigenvalue weighted by Crippen LogP contribution is -2.44. The van der Waals surface area contributed by atoms with E-state index < -0.39 is 23.6 Å². The van der Waals surface area contributed by atoms with Gasteiger partial charge in [-0.15, -0.1) is 0 Å². The first-order valence-corrected chi connectivity index (χ1v) is 15.5. The Balaban J connectivity index is 1.06. The number of nitrogens with zero attached hydrogens (tertiary/aromatic N) is 6. The number of anilines is 1. The third-order valence-corrected chi connectivity index (χ3v) is 8.73. The van der Waals surface area contributed by atoms with E-state index in [1.54, 1.807) is 36.7 Å². The zero-order valence-electron chi connectivity index (χ0n) is 26.0. The average molecular weight is 661 g/mol. The minimum atomic E-state index is -4.63. The molecular weight excluding hydrogens is 628 g/mol. The quantitative estimate of drug-likeness (QED) is 0.206. The summed E-state index contributed by atoms with van der Waals surface area (Å²) < 4.78 is 63.3. The summed E-state index contributed by atoms with van der Waals surface area (Å²) in [6, 6.07) is 11.2. The van der Waals surface area contributed by atoms with Gasteiger partial charge in [0.1, 0.15) is 11.4 Å². The molecule has 4 aromatic heterocycles. The van der Waals surface area contributed by atoms with E-state index in [4.69, 9.17) is 4.74 Å². The average Bonchev–Trinajstić information content (AvgIpc) is 3.52. The molecule has 0 saturated carbocycles. The highest BCUT2D eigenvalue weighted by Crippen LogP contribution is 2.36. The molecule has 48 heavy (non-hydrogen) atoms. The number of halogens is 4. The van der Waals surface area contributed by atoms with Gasteiger partial charge in [0.15, 0.2) is 11.6 Å². The Morgan fingerprint density at radius 1 is 1.00 bits per heavy atom. The summed E-state index contributed by atoms with van der Waals surface area (Å²) in [7, 11) is 1.98. The smallest absolute Gasteiger partial charge is 0.418 e. The number of urea groups is 1. The standard InChI is InChI=1S/C34H32F4N8O2/c1-44-9-11-45(12-10-44)20-30-27(34(36,37)38)14-24(17-40-30)42-33(47)46-8-6-21-4-5-25(13-23(21)19-46)48-31-26-15-29(22-3-2-7-39-16-22)43-32(26)41-18-28(31)35/h2-5,7,13-18H,6,8-12,19-20H2,1H3,(H,41,43)(H,42,47). The van der Waals surface area contributed by atoms with Crippen LogP contribution in [-0.4, -0.2) is 80.4 Å². The number of rotatable bonds is 6. The predicted molar refractivity (Wildman–Crippen MR) is 171 cm³/mol. The van der Waals surface area contributed by atoms with E-state index in [1.165, 1.54) is 11.1 Å². The third-order valence-electron chi connectivity index (χ3n) is 8.73. The maximum absolute atomic E-state index is 15.0. The van der Waals surface area contributed by atoms with Crippen LogP contribution in [0.1, 0.15) is 22.4 Å². The zero-order valence-corrected chi connectivity index (χ0v) is 26.0. The Hall–Kier alpha value is -5.08. The van der Waals surface area contributed by atoms with Crippen LogP contribution in [0.5, 0.6) is 11.5 Å². The molecule has 1 aromatic carbocycles. The van der Waals surface area contributed by atoms with Gasteiger partial charge in [-0.2, -0.15) is 13.2 Å². The molecule has 0 radical (unpaired) electrons. The van der Waals surface area contributed by atoms with Crippen molar-refractivity contribution >= 4 is 22.8 Å². The van der Waals surface area contributed by atoms with Gasteiger partial charge in [-0.3, -0.25) is 14.9 Å². The van der Waals surface area contributed by atoms with Crippen LogP contribution < -0.4 is 10.1 Å². The summed E-state index contributed by atoms with van der Waals surface area (Å²) in [5.41, 5.74) is 2.75. The number of ether oxygens (including phenoxy) is 1. The third kappa shape index (κ3) is 6.66. The van der Waals surface area contributed by atoms with Crippen LogP contribution in [0.4, 0.5) is 28.0 Å². The van der Waals surface area contributed by atoms with Crippen molar-refractivity contribution in [2.45, 2.75) is 25.7 Å². The second-order valence-corrected chi connectivity index (χ2v) is 12.1. The molecule has 7 rings (SSSR count). The fourth-order valence-electron chi connectivity index (χ4n) is 6.05. The molecule has 2 N–H and O–H groups in total. The van der Waals surface area contributed by atoms with E-state index in [0.29, 0.717) is 48.5 Å². The summed E-state index contributed by atoms with van der Waals surface area (Å²) in [4.78, 5) is 34.4. The highest BCUT2D eigenvalue weighted by molar-refractivity contribution is 5.90. The minimum absolute atomic E-state index is 0.000729. The predicted octanol–water partition coefficient (Wildman–Crippen LogP) is 6.31. The molecule has 0 aliphatic carbocycles. The fraction of sp³-hybridized carbons (Fsp3) is 0.294. The Kier molecular flexibility index (Phi) is 8.43. The number of nitrogens with one attached hydrogen (secondary N) is 2. The number of piperazine rings is 1. The number of fused-ring (bicyclic) bond motifs is 2. The Bertz CT molecular complexity index is 1960. The van der Waals surface area contributed by atoms with Crippen LogP contribution in [0.3, 0.4) is 0 Å². The second-order valence-electron chi connectivity index (χ2n) is 12.1. The molecule has 10 nitrogen and oxygen atoms in total. The second kappa shape index (κ2) is 12.8. The number of benzene rings is 1. The number of amides is 2. The molecule has 248 valence electrons. The maximum Gasteiger partial charge on any atom is 0.418 e. The number of hydrogen-bond donors (Lipinski definition) is 2. The highest BCUT2D eigenvalue weighted by Gasteiger charge is 2.35. The Morgan fingerprint density at radius 3 is 2.60 bits per heavy atom.